The van der Waals surface area contributed by atoms with Crippen molar-refractivity contribution in [3.63, 3.8) is 0 Å². The minimum Gasteiger partial charge on any atom is -0.411 e. The van der Waals surface area contributed by atoms with Gasteiger partial charge in [0.1, 0.15) is 29.1 Å². The molecule has 2 aromatic heterocycles. The van der Waals surface area contributed by atoms with Gasteiger partial charge in [-0.25, -0.2) is 24.6 Å². The van der Waals surface area contributed by atoms with Crippen molar-refractivity contribution in [3.8, 4) is 23.7 Å². The van der Waals surface area contributed by atoms with Crippen LogP contribution in [-0.2, 0) is 30.7 Å². The van der Waals surface area contributed by atoms with Crippen LogP contribution in [0.15, 0.2) is 99.7 Å². The molecule has 0 spiro atoms. The van der Waals surface area contributed by atoms with E-state index in [1.54, 1.807) is 69.8 Å². The highest BCUT2D eigenvalue weighted by molar-refractivity contribution is 5.86. The number of benzene rings is 4. The molecule has 0 unspecified atom stereocenters. The van der Waals surface area contributed by atoms with Crippen molar-refractivity contribution in [3.05, 3.63) is 151 Å². The zero-order chi connectivity index (χ0) is 40.9. The van der Waals surface area contributed by atoms with E-state index in [0.717, 1.165) is 7.11 Å². The molecular weight excluding hydrogens is 770 g/mol. The number of nitrogens with two attached hydrogens (primary N) is 1. The first-order chi connectivity index (χ1) is 27.7. The van der Waals surface area contributed by atoms with Gasteiger partial charge in [0.15, 0.2) is 0 Å². The molecule has 0 aliphatic carbocycles. The minimum atomic E-state index is -0.331. The summed E-state index contributed by atoms with van der Waals surface area (Å²) in [6, 6.07) is 22.7. The van der Waals surface area contributed by atoms with Gasteiger partial charge in [-0.2, -0.15) is 0 Å². The summed E-state index contributed by atoms with van der Waals surface area (Å²) in [4.78, 5) is 46.4. The van der Waals surface area contributed by atoms with Gasteiger partial charge in [0.05, 0.1) is 27.5 Å². The Bertz CT molecular complexity index is 2730. The second-order valence-electron chi connectivity index (χ2n) is 12.7. The fraction of sp³-hybridized carbons (Fsp3) is 0.209. The lowest BCUT2D eigenvalue weighted by atomic mass is 10.1. The van der Waals surface area contributed by atoms with Crippen molar-refractivity contribution in [1.82, 2.24) is 19.1 Å². The largest absolute Gasteiger partial charge is 0.411 e. The molecule has 2 aliphatic rings. The third-order valence-corrected chi connectivity index (χ3v) is 9.06. The lowest BCUT2D eigenvalue weighted by Crippen LogP contribution is -2.24. The average molecular weight is 809 g/mol. The van der Waals surface area contributed by atoms with E-state index in [2.05, 4.69) is 44.7 Å². The van der Waals surface area contributed by atoms with Crippen molar-refractivity contribution in [2.24, 2.45) is 11.1 Å². The highest BCUT2D eigenvalue weighted by Crippen LogP contribution is 2.17. The fourth-order valence-corrected chi connectivity index (χ4v) is 6.29. The number of aliphatic hydroxyl groups excluding tert-OH is 1. The van der Waals surface area contributed by atoms with Crippen LogP contribution in [0.25, 0.3) is 21.8 Å². The molecule has 0 atom stereocenters. The molecule has 0 amide bonds. The number of aromatic nitrogens is 4. The Balaban J connectivity index is 0.000000233. The van der Waals surface area contributed by atoms with Crippen molar-refractivity contribution in [2.75, 3.05) is 7.11 Å². The number of Topliss-reactive ketones (excluding diaryl/α,β-unsaturated/α-hetero) is 1. The van der Waals surface area contributed by atoms with Gasteiger partial charge in [0.2, 0.25) is 0 Å². The molecule has 2 aliphatic heterocycles. The summed E-state index contributed by atoms with van der Waals surface area (Å²) in [5, 5.41) is 26.8. The van der Waals surface area contributed by atoms with Gasteiger partial charge in [-0.05, 0) is 79.2 Å². The Hall–Kier alpha value is -6.55. The molecule has 12 nitrogen and oxygen atoms in total. The second kappa shape index (κ2) is 21.1. The summed E-state index contributed by atoms with van der Waals surface area (Å²) >= 11 is 0. The Kier molecular flexibility index (Phi) is 16.1. The second-order valence-corrected chi connectivity index (χ2v) is 12.7. The van der Waals surface area contributed by atoms with Crippen LogP contribution in [0.5, 0.6) is 0 Å². The summed E-state index contributed by atoms with van der Waals surface area (Å²) in [5.74, 6) is 16.1. The normalized spacial score (nSPS) is 13.3. The number of oxime groups is 1. The number of halogens is 3. The fourth-order valence-electron chi connectivity index (χ4n) is 6.29. The molecule has 0 fully saturated rings. The predicted octanol–water partition coefficient (Wildman–Crippen LogP) is 5.31. The summed E-state index contributed by atoms with van der Waals surface area (Å²) in [7, 11) is 1.00. The van der Waals surface area contributed by atoms with Gasteiger partial charge in [-0.3, -0.25) is 23.5 Å². The summed E-state index contributed by atoms with van der Waals surface area (Å²) in [5.41, 5.74) is 4.18. The number of aryl methyl sites for hydroxylation is 2. The molecule has 58 heavy (non-hydrogen) atoms. The van der Waals surface area contributed by atoms with Crippen molar-refractivity contribution in [2.45, 2.75) is 51.6 Å². The Morgan fingerprint density at radius 3 is 1.48 bits per heavy atom. The smallest absolute Gasteiger partial charge is 0.261 e. The van der Waals surface area contributed by atoms with Crippen molar-refractivity contribution in [1.29, 1.82) is 0 Å². The quantitative estimate of drug-likeness (QED) is 0.0897. The molecule has 298 valence electrons. The topological polar surface area (TPSA) is 186 Å². The third kappa shape index (κ3) is 10.8. The number of rotatable bonds is 0. The molecule has 15 heteroatoms. The molecule has 0 bridgehead atoms. The third-order valence-electron chi connectivity index (χ3n) is 9.06. The van der Waals surface area contributed by atoms with Crippen LogP contribution in [0, 0.1) is 35.3 Å². The maximum Gasteiger partial charge on any atom is 0.261 e. The van der Waals surface area contributed by atoms with Crippen LogP contribution in [0.2, 0.25) is 0 Å². The van der Waals surface area contributed by atoms with E-state index in [1.807, 2.05) is 0 Å². The van der Waals surface area contributed by atoms with Crippen LogP contribution in [-0.4, -0.2) is 53.2 Å². The first-order valence-electron chi connectivity index (χ1n) is 17.8. The molecule has 8 rings (SSSR count). The van der Waals surface area contributed by atoms with Gasteiger partial charge in [-0.15, -0.1) is 12.4 Å². The monoisotopic (exact) mass is 808 g/mol. The molecule has 0 saturated carbocycles. The number of fused-ring (bicyclic) bond motifs is 4. The molecule has 4 aromatic carbocycles. The van der Waals surface area contributed by atoms with E-state index >= 15 is 0 Å². The zero-order valence-corrected chi connectivity index (χ0v) is 32.1. The number of carbonyl (C=O) groups is 1. The van der Waals surface area contributed by atoms with Gasteiger partial charge in [-0.1, -0.05) is 41.0 Å². The molecule has 0 saturated heterocycles. The molecule has 0 radical (unpaired) electrons. The maximum absolute atomic E-state index is 13.3. The number of hydrogen-bond donors (Lipinski definition) is 4. The van der Waals surface area contributed by atoms with Crippen LogP contribution in [0.4, 0.5) is 8.78 Å². The van der Waals surface area contributed by atoms with Gasteiger partial charge >= 0.3 is 0 Å². The lowest BCUT2D eigenvalue weighted by molar-refractivity contribution is -0.119. The molecular formula is C43H39ClF2N6O6. The SMILES string of the molecule is CO.Cl.NO.O=C1CCc2nc3cc(C#Cc4cccc(F)c4)ccc3c(=O)n2CC1.O=c1c2ccc(C#Cc3cccc(F)c3)cc2nc2n1CC/C(=N\O)CC2. The van der Waals surface area contributed by atoms with Gasteiger partial charge in [0.25, 0.3) is 11.1 Å². The highest BCUT2D eigenvalue weighted by Gasteiger charge is 2.18. The lowest BCUT2D eigenvalue weighted by Gasteiger charge is -2.09. The minimum absolute atomic E-state index is 0. The first kappa shape index (κ1) is 44.2. The predicted molar refractivity (Wildman–Crippen MR) is 218 cm³/mol. The molecule has 6 aromatic rings. The number of ketones is 1. The number of hydrogen-bond acceptors (Lipinski definition) is 10. The van der Waals surface area contributed by atoms with E-state index in [1.165, 1.54) is 24.3 Å². The summed E-state index contributed by atoms with van der Waals surface area (Å²) in [6.45, 7) is 0.842. The number of aliphatic hydroxyl groups is 1. The van der Waals surface area contributed by atoms with Gasteiger partial charge in [0, 0.05) is 74.6 Å². The molecule has 5 N–H and O–H groups in total. The first-order valence-corrected chi connectivity index (χ1v) is 17.8. The van der Waals surface area contributed by atoms with Crippen LogP contribution in [0.1, 0.15) is 59.6 Å². The van der Waals surface area contributed by atoms with Crippen LogP contribution < -0.4 is 17.0 Å². The van der Waals surface area contributed by atoms with E-state index in [0.29, 0.717) is 113 Å². The van der Waals surface area contributed by atoms with E-state index < -0.39 is 0 Å². The van der Waals surface area contributed by atoms with E-state index in [9.17, 15) is 23.2 Å². The van der Waals surface area contributed by atoms with E-state index in [-0.39, 0.29) is 40.9 Å². The van der Waals surface area contributed by atoms with E-state index in [4.69, 9.17) is 15.5 Å². The Morgan fingerprint density at radius 1 is 0.603 bits per heavy atom. The number of nitrogens with zero attached hydrogens (tertiary/aromatic N) is 5. The van der Waals surface area contributed by atoms with Crippen molar-refractivity contribution >= 4 is 45.7 Å². The van der Waals surface area contributed by atoms with Crippen LogP contribution >= 0.6 is 12.4 Å². The Labute approximate surface area is 337 Å². The van der Waals surface area contributed by atoms with Crippen LogP contribution in [0.3, 0.4) is 0 Å². The molecule has 4 heterocycles. The highest BCUT2D eigenvalue weighted by atomic mass is 35.5. The van der Waals surface area contributed by atoms with Gasteiger partial charge < -0.3 is 15.5 Å². The standard InChI is InChI=1S/C21H16FN3O2.C21H15FN2O2.CH4O.ClH.H3NO/c22-16-3-1-2-14(12-16)4-5-15-6-8-18-19(13-15)23-20-9-7-17(24-27)10-11-25(20)21(18)26;22-16-3-1-2-14(12-16)4-5-15-6-8-18-19(13-15)23-20-9-7-17(25)10-11-24(20)21(18)26;1-2;;1-2/h1-3,6,8,12-13,27H,7,9-11H2;1-3,6,8,12-13H,7,9-11H2;2H,1H3;1H;2H,1H2/b24-17-;;;;. The maximum atomic E-state index is 13.3. The Morgan fingerprint density at radius 2 is 1.03 bits per heavy atom. The van der Waals surface area contributed by atoms with Crippen molar-refractivity contribution < 1.29 is 29.1 Å². The average Bonchev–Trinajstić information content (AvgIpc) is 3.56. The zero-order valence-electron chi connectivity index (χ0n) is 31.3. The number of carbonyl (C=O) groups excluding carboxylic acids is 1. The summed E-state index contributed by atoms with van der Waals surface area (Å²) < 4.78 is 29.7. The summed E-state index contributed by atoms with van der Waals surface area (Å²) in [6.07, 6.45) is 2.92.